The third-order valence-electron chi connectivity index (χ3n) is 3.90. The van der Waals surface area contributed by atoms with E-state index in [-0.39, 0.29) is 6.10 Å². The van der Waals surface area contributed by atoms with Crippen LogP contribution in [0.4, 0.5) is 5.82 Å². The first-order valence-electron chi connectivity index (χ1n) is 6.03. The SMILES string of the molecule is OC1[C@H]2CCC[C@H]1CN(c1cnccn1)C2. The summed E-state index contributed by atoms with van der Waals surface area (Å²) >= 11 is 0. The molecule has 1 saturated carbocycles. The van der Waals surface area contributed by atoms with Crippen LogP contribution in [0.1, 0.15) is 19.3 Å². The maximum atomic E-state index is 10.1. The van der Waals surface area contributed by atoms with Crippen LogP contribution in [-0.4, -0.2) is 34.3 Å². The summed E-state index contributed by atoms with van der Waals surface area (Å²) in [4.78, 5) is 10.7. The van der Waals surface area contributed by atoms with Crippen LogP contribution in [-0.2, 0) is 0 Å². The van der Waals surface area contributed by atoms with Crippen LogP contribution < -0.4 is 4.90 Å². The first kappa shape index (κ1) is 10.0. The number of aromatic nitrogens is 2. The van der Waals surface area contributed by atoms with Gasteiger partial charge in [-0.3, -0.25) is 4.98 Å². The van der Waals surface area contributed by atoms with Crippen molar-refractivity contribution >= 4 is 5.82 Å². The van der Waals surface area contributed by atoms with Gasteiger partial charge in [0.2, 0.25) is 0 Å². The number of anilines is 1. The third kappa shape index (κ3) is 1.67. The van der Waals surface area contributed by atoms with E-state index in [1.54, 1.807) is 12.4 Å². The van der Waals surface area contributed by atoms with E-state index in [1.165, 1.54) is 6.42 Å². The minimum Gasteiger partial charge on any atom is -0.392 e. The molecule has 1 aliphatic carbocycles. The number of hydrogen-bond donors (Lipinski definition) is 1. The summed E-state index contributed by atoms with van der Waals surface area (Å²) in [6.07, 6.45) is 8.71. The van der Waals surface area contributed by atoms with Gasteiger partial charge in [0, 0.05) is 37.3 Å². The van der Waals surface area contributed by atoms with Gasteiger partial charge in [-0.1, -0.05) is 6.42 Å². The lowest BCUT2D eigenvalue weighted by Gasteiger charge is -2.45. The van der Waals surface area contributed by atoms with Crippen molar-refractivity contribution in [1.29, 1.82) is 0 Å². The summed E-state index contributed by atoms with van der Waals surface area (Å²) in [5.74, 6) is 1.80. The van der Waals surface area contributed by atoms with Crippen LogP contribution in [0.2, 0.25) is 0 Å². The first-order valence-corrected chi connectivity index (χ1v) is 6.03. The summed E-state index contributed by atoms with van der Waals surface area (Å²) in [7, 11) is 0. The number of fused-ring (bicyclic) bond motifs is 2. The van der Waals surface area contributed by atoms with Gasteiger partial charge in [-0.2, -0.15) is 0 Å². The molecule has 2 bridgehead atoms. The molecule has 3 rings (SSSR count). The van der Waals surface area contributed by atoms with Gasteiger partial charge in [-0.05, 0) is 12.8 Å². The van der Waals surface area contributed by atoms with Gasteiger partial charge in [0.05, 0.1) is 12.3 Å². The molecular formula is C12H17N3O. The molecule has 2 aliphatic rings. The third-order valence-corrected chi connectivity index (χ3v) is 3.90. The molecule has 2 atom stereocenters. The second-order valence-corrected chi connectivity index (χ2v) is 4.91. The Kier molecular flexibility index (Phi) is 2.52. The number of hydrogen-bond acceptors (Lipinski definition) is 4. The van der Waals surface area contributed by atoms with Crippen molar-refractivity contribution in [2.45, 2.75) is 25.4 Å². The van der Waals surface area contributed by atoms with Crippen LogP contribution in [0.15, 0.2) is 18.6 Å². The lowest BCUT2D eigenvalue weighted by atomic mass is 9.75. The van der Waals surface area contributed by atoms with Crippen molar-refractivity contribution in [3.8, 4) is 0 Å². The van der Waals surface area contributed by atoms with Crippen molar-refractivity contribution in [3.05, 3.63) is 18.6 Å². The van der Waals surface area contributed by atoms with Gasteiger partial charge in [0.15, 0.2) is 0 Å². The second-order valence-electron chi connectivity index (χ2n) is 4.91. The predicted octanol–water partition coefficient (Wildman–Crippen LogP) is 1.07. The van der Waals surface area contributed by atoms with Crippen molar-refractivity contribution in [2.75, 3.05) is 18.0 Å². The van der Waals surface area contributed by atoms with Gasteiger partial charge < -0.3 is 10.0 Å². The van der Waals surface area contributed by atoms with Crippen molar-refractivity contribution in [2.24, 2.45) is 11.8 Å². The van der Waals surface area contributed by atoms with Gasteiger partial charge in [0.25, 0.3) is 0 Å². The predicted molar refractivity (Wildman–Crippen MR) is 61.1 cm³/mol. The fourth-order valence-corrected chi connectivity index (χ4v) is 3.05. The molecule has 1 N–H and O–H groups in total. The minimum atomic E-state index is -0.0957. The van der Waals surface area contributed by atoms with Gasteiger partial charge in [-0.25, -0.2) is 4.98 Å². The Hall–Kier alpha value is -1.16. The lowest BCUT2D eigenvalue weighted by molar-refractivity contribution is 0.00578. The monoisotopic (exact) mass is 219 g/mol. The normalized spacial score (nSPS) is 33.8. The molecule has 0 spiro atoms. The molecule has 1 aromatic heterocycles. The highest BCUT2D eigenvalue weighted by Gasteiger charge is 2.38. The van der Waals surface area contributed by atoms with E-state index in [1.807, 2.05) is 6.20 Å². The van der Waals surface area contributed by atoms with Crippen LogP contribution in [0, 0.1) is 11.8 Å². The largest absolute Gasteiger partial charge is 0.392 e. The highest BCUT2D eigenvalue weighted by atomic mass is 16.3. The molecule has 86 valence electrons. The Balaban J connectivity index is 1.80. The molecule has 1 saturated heterocycles. The number of rotatable bonds is 1. The summed E-state index contributed by atoms with van der Waals surface area (Å²) in [5.41, 5.74) is 0. The molecule has 0 amide bonds. The molecule has 0 radical (unpaired) electrons. The molecule has 0 unspecified atom stereocenters. The van der Waals surface area contributed by atoms with E-state index >= 15 is 0 Å². The Morgan fingerprint density at radius 3 is 2.56 bits per heavy atom. The average Bonchev–Trinajstić information content (AvgIpc) is 2.30. The zero-order chi connectivity index (χ0) is 11.0. The van der Waals surface area contributed by atoms with Crippen LogP contribution >= 0.6 is 0 Å². The smallest absolute Gasteiger partial charge is 0.147 e. The van der Waals surface area contributed by atoms with Crippen LogP contribution in [0.5, 0.6) is 0 Å². The zero-order valence-corrected chi connectivity index (χ0v) is 9.29. The lowest BCUT2D eigenvalue weighted by Crippen LogP contribution is -2.51. The molecule has 2 fully saturated rings. The molecule has 16 heavy (non-hydrogen) atoms. The highest BCUT2D eigenvalue weighted by Crippen LogP contribution is 2.35. The van der Waals surface area contributed by atoms with Gasteiger partial charge in [0.1, 0.15) is 5.82 Å². The quantitative estimate of drug-likeness (QED) is 0.767. The topological polar surface area (TPSA) is 49.2 Å². The highest BCUT2D eigenvalue weighted by molar-refractivity contribution is 5.36. The van der Waals surface area contributed by atoms with E-state index in [2.05, 4.69) is 14.9 Å². The van der Waals surface area contributed by atoms with Gasteiger partial charge in [-0.15, -0.1) is 0 Å². The number of piperidine rings is 1. The zero-order valence-electron chi connectivity index (χ0n) is 9.29. The molecule has 1 aliphatic heterocycles. The van der Waals surface area contributed by atoms with Crippen LogP contribution in [0.3, 0.4) is 0 Å². The summed E-state index contributed by atoms with van der Waals surface area (Å²) < 4.78 is 0. The molecule has 4 heteroatoms. The second kappa shape index (κ2) is 4.01. The Labute approximate surface area is 95.3 Å². The van der Waals surface area contributed by atoms with Crippen molar-refractivity contribution in [3.63, 3.8) is 0 Å². The number of nitrogens with zero attached hydrogens (tertiary/aromatic N) is 3. The number of aliphatic hydroxyl groups is 1. The fourth-order valence-electron chi connectivity index (χ4n) is 3.05. The summed E-state index contributed by atoms with van der Waals surface area (Å²) in [6, 6.07) is 0. The van der Waals surface area contributed by atoms with Crippen molar-refractivity contribution in [1.82, 2.24) is 9.97 Å². The Morgan fingerprint density at radius 1 is 1.19 bits per heavy atom. The van der Waals surface area contributed by atoms with E-state index in [4.69, 9.17) is 0 Å². The van der Waals surface area contributed by atoms with Crippen LogP contribution in [0.25, 0.3) is 0 Å². The standard InChI is InChI=1S/C12H17N3O/c16-12-9-2-1-3-10(12)8-15(7-9)11-6-13-4-5-14-11/h4-6,9-10,12,16H,1-3,7-8H2/t9-,10-/m0/s1. The Bertz CT molecular complexity index is 343. The maximum absolute atomic E-state index is 10.1. The molecule has 4 nitrogen and oxygen atoms in total. The minimum absolute atomic E-state index is 0.0957. The Morgan fingerprint density at radius 2 is 1.94 bits per heavy atom. The summed E-state index contributed by atoms with van der Waals surface area (Å²) in [5, 5.41) is 10.1. The first-order chi connectivity index (χ1) is 7.84. The molecule has 0 aromatic carbocycles. The van der Waals surface area contributed by atoms with Gasteiger partial charge >= 0.3 is 0 Å². The molecule has 2 heterocycles. The van der Waals surface area contributed by atoms with E-state index in [0.717, 1.165) is 31.7 Å². The fraction of sp³-hybridized carbons (Fsp3) is 0.667. The molecule has 1 aromatic rings. The summed E-state index contributed by atoms with van der Waals surface area (Å²) in [6.45, 7) is 1.85. The van der Waals surface area contributed by atoms with E-state index < -0.39 is 0 Å². The molecular weight excluding hydrogens is 202 g/mol. The number of aliphatic hydroxyl groups excluding tert-OH is 1. The van der Waals surface area contributed by atoms with E-state index in [9.17, 15) is 5.11 Å². The average molecular weight is 219 g/mol. The maximum Gasteiger partial charge on any atom is 0.147 e. The van der Waals surface area contributed by atoms with Crippen molar-refractivity contribution < 1.29 is 5.11 Å². The van der Waals surface area contributed by atoms with E-state index in [0.29, 0.717) is 11.8 Å².